The molecular formula is C21H19NO2. The Morgan fingerprint density at radius 3 is 2.38 bits per heavy atom. The maximum atomic E-state index is 12.3. The van der Waals surface area contributed by atoms with E-state index >= 15 is 0 Å². The van der Waals surface area contributed by atoms with E-state index in [2.05, 4.69) is 5.32 Å². The highest BCUT2D eigenvalue weighted by Crippen LogP contribution is 2.14. The molecule has 0 aliphatic heterocycles. The number of rotatable bonds is 5. The molecule has 0 radical (unpaired) electrons. The normalized spacial score (nSPS) is 10.2. The topological polar surface area (TPSA) is 38.3 Å². The Morgan fingerprint density at radius 2 is 1.67 bits per heavy atom. The van der Waals surface area contributed by atoms with E-state index in [1.807, 2.05) is 85.8 Å². The molecule has 0 heterocycles. The van der Waals surface area contributed by atoms with Gasteiger partial charge in [0.1, 0.15) is 12.4 Å². The third-order valence-electron chi connectivity index (χ3n) is 3.64. The second kappa shape index (κ2) is 7.47. The van der Waals surface area contributed by atoms with Crippen LogP contribution in [0.4, 0.5) is 5.69 Å². The van der Waals surface area contributed by atoms with E-state index in [4.69, 9.17) is 4.74 Å². The molecule has 0 aliphatic rings. The summed E-state index contributed by atoms with van der Waals surface area (Å²) in [6.45, 7) is 2.47. The highest BCUT2D eigenvalue weighted by Gasteiger charge is 2.06. The molecule has 3 rings (SSSR count). The number of para-hydroxylation sites is 1. The van der Waals surface area contributed by atoms with Gasteiger partial charge < -0.3 is 10.1 Å². The van der Waals surface area contributed by atoms with Gasteiger partial charge in [0.25, 0.3) is 5.91 Å². The second-order valence-corrected chi connectivity index (χ2v) is 5.62. The Bertz CT molecular complexity index is 811. The predicted octanol–water partition coefficient (Wildman–Crippen LogP) is 4.83. The third-order valence-corrected chi connectivity index (χ3v) is 3.64. The number of nitrogens with one attached hydrogen (secondary N) is 1. The zero-order chi connectivity index (χ0) is 16.8. The van der Waals surface area contributed by atoms with Crippen LogP contribution in [0.15, 0.2) is 78.9 Å². The van der Waals surface area contributed by atoms with E-state index < -0.39 is 0 Å². The minimum atomic E-state index is -0.115. The Balaban J connectivity index is 1.60. The fourth-order valence-electron chi connectivity index (χ4n) is 2.36. The zero-order valence-electron chi connectivity index (χ0n) is 13.5. The molecule has 0 unspecified atom stereocenters. The molecule has 0 aliphatic carbocycles. The van der Waals surface area contributed by atoms with Crippen LogP contribution in [0.3, 0.4) is 0 Å². The molecule has 3 nitrogen and oxygen atoms in total. The first-order valence-corrected chi connectivity index (χ1v) is 7.85. The van der Waals surface area contributed by atoms with Gasteiger partial charge in [0, 0.05) is 11.3 Å². The van der Waals surface area contributed by atoms with Crippen molar-refractivity contribution in [2.75, 3.05) is 5.32 Å². The maximum Gasteiger partial charge on any atom is 0.255 e. The van der Waals surface area contributed by atoms with Crippen molar-refractivity contribution in [1.82, 2.24) is 0 Å². The van der Waals surface area contributed by atoms with E-state index in [1.165, 1.54) is 0 Å². The standard InChI is InChI=1S/C21H19NO2/c1-16-6-5-7-19(14-16)22-21(23)18-12-10-17(11-13-18)15-24-20-8-3-2-4-9-20/h2-14H,15H2,1H3,(H,22,23). The van der Waals surface area contributed by atoms with Crippen molar-refractivity contribution in [3.63, 3.8) is 0 Å². The first-order chi connectivity index (χ1) is 11.7. The average Bonchev–Trinajstić information content (AvgIpc) is 2.61. The number of hydrogen-bond donors (Lipinski definition) is 1. The molecule has 3 aromatic rings. The molecule has 0 bridgehead atoms. The summed E-state index contributed by atoms with van der Waals surface area (Å²) >= 11 is 0. The first kappa shape index (κ1) is 15.8. The molecule has 0 saturated heterocycles. The van der Waals surface area contributed by atoms with E-state index in [0.717, 1.165) is 22.6 Å². The fraction of sp³-hybridized carbons (Fsp3) is 0.0952. The summed E-state index contributed by atoms with van der Waals surface area (Å²) in [4.78, 5) is 12.3. The van der Waals surface area contributed by atoms with Crippen LogP contribution >= 0.6 is 0 Å². The van der Waals surface area contributed by atoms with Gasteiger partial charge in [-0.05, 0) is 54.4 Å². The smallest absolute Gasteiger partial charge is 0.255 e. The van der Waals surface area contributed by atoms with E-state index in [0.29, 0.717) is 12.2 Å². The van der Waals surface area contributed by atoms with Gasteiger partial charge in [0.05, 0.1) is 0 Å². The van der Waals surface area contributed by atoms with Gasteiger partial charge in [0.2, 0.25) is 0 Å². The lowest BCUT2D eigenvalue weighted by Gasteiger charge is -2.08. The Labute approximate surface area is 141 Å². The van der Waals surface area contributed by atoms with E-state index in [1.54, 1.807) is 0 Å². The number of amides is 1. The van der Waals surface area contributed by atoms with Gasteiger partial charge >= 0.3 is 0 Å². The highest BCUT2D eigenvalue weighted by molar-refractivity contribution is 6.04. The van der Waals surface area contributed by atoms with E-state index in [-0.39, 0.29) is 5.91 Å². The Morgan fingerprint density at radius 1 is 0.917 bits per heavy atom. The summed E-state index contributed by atoms with van der Waals surface area (Å²) in [5.74, 6) is 0.717. The van der Waals surface area contributed by atoms with Gasteiger partial charge in [-0.1, -0.05) is 42.5 Å². The molecule has 0 fully saturated rings. The number of carbonyl (C=O) groups excluding carboxylic acids is 1. The van der Waals surface area contributed by atoms with Crippen LogP contribution in [0.25, 0.3) is 0 Å². The van der Waals surface area contributed by atoms with Gasteiger partial charge in [-0.25, -0.2) is 0 Å². The Hall–Kier alpha value is -3.07. The summed E-state index contributed by atoms with van der Waals surface area (Å²) in [7, 11) is 0. The van der Waals surface area contributed by atoms with Crippen LogP contribution in [0.1, 0.15) is 21.5 Å². The summed E-state index contributed by atoms with van der Waals surface area (Å²) in [5, 5.41) is 2.91. The number of anilines is 1. The van der Waals surface area contributed by atoms with Gasteiger partial charge in [0.15, 0.2) is 0 Å². The van der Waals surface area contributed by atoms with Crippen LogP contribution in [-0.2, 0) is 6.61 Å². The van der Waals surface area contributed by atoms with Crippen LogP contribution in [0.2, 0.25) is 0 Å². The summed E-state index contributed by atoms with van der Waals surface area (Å²) < 4.78 is 5.70. The fourth-order valence-corrected chi connectivity index (χ4v) is 2.36. The minimum absolute atomic E-state index is 0.115. The largest absolute Gasteiger partial charge is 0.489 e. The zero-order valence-corrected chi connectivity index (χ0v) is 13.5. The van der Waals surface area contributed by atoms with Crippen LogP contribution in [0, 0.1) is 6.92 Å². The average molecular weight is 317 g/mol. The molecule has 3 aromatic carbocycles. The summed E-state index contributed by atoms with van der Waals surface area (Å²) in [6.07, 6.45) is 0. The lowest BCUT2D eigenvalue weighted by Crippen LogP contribution is -2.12. The summed E-state index contributed by atoms with van der Waals surface area (Å²) in [5.41, 5.74) is 3.56. The van der Waals surface area contributed by atoms with Crippen molar-refractivity contribution >= 4 is 11.6 Å². The number of aryl methyl sites for hydroxylation is 1. The van der Waals surface area contributed by atoms with Crippen molar-refractivity contribution in [2.24, 2.45) is 0 Å². The summed E-state index contributed by atoms with van der Waals surface area (Å²) in [6, 6.07) is 24.9. The highest BCUT2D eigenvalue weighted by atomic mass is 16.5. The molecule has 0 atom stereocenters. The van der Waals surface area contributed by atoms with Crippen molar-refractivity contribution in [3.8, 4) is 5.75 Å². The van der Waals surface area contributed by atoms with Gasteiger partial charge in [-0.3, -0.25) is 4.79 Å². The molecule has 3 heteroatoms. The minimum Gasteiger partial charge on any atom is -0.489 e. The molecule has 1 N–H and O–H groups in total. The maximum absolute atomic E-state index is 12.3. The third kappa shape index (κ3) is 4.23. The van der Waals surface area contributed by atoms with Gasteiger partial charge in [-0.15, -0.1) is 0 Å². The molecule has 0 aromatic heterocycles. The molecular weight excluding hydrogens is 298 g/mol. The SMILES string of the molecule is Cc1cccc(NC(=O)c2ccc(COc3ccccc3)cc2)c1. The van der Waals surface area contributed by atoms with Crippen molar-refractivity contribution in [1.29, 1.82) is 0 Å². The molecule has 0 saturated carbocycles. The molecule has 120 valence electrons. The monoisotopic (exact) mass is 317 g/mol. The van der Waals surface area contributed by atoms with Crippen molar-refractivity contribution < 1.29 is 9.53 Å². The number of hydrogen-bond acceptors (Lipinski definition) is 2. The quantitative estimate of drug-likeness (QED) is 0.732. The number of ether oxygens (including phenoxy) is 1. The van der Waals surface area contributed by atoms with Crippen LogP contribution in [0.5, 0.6) is 5.75 Å². The lowest BCUT2D eigenvalue weighted by atomic mass is 10.1. The lowest BCUT2D eigenvalue weighted by molar-refractivity contribution is 0.102. The van der Waals surface area contributed by atoms with Crippen molar-refractivity contribution in [3.05, 3.63) is 95.6 Å². The molecule has 1 amide bonds. The number of benzene rings is 3. The first-order valence-electron chi connectivity index (χ1n) is 7.85. The van der Waals surface area contributed by atoms with E-state index in [9.17, 15) is 4.79 Å². The van der Waals surface area contributed by atoms with Gasteiger partial charge in [-0.2, -0.15) is 0 Å². The predicted molar refractivity (Wildman–Crippen MR) is 96.3 cm³/mol. The van der Waals surface area contributed by atoms with Crippen molar-refractivity contribution in [2.45, 2.75) is 13.5 Å². The number of carbonyl (C=O) groups is 1. The van der Waals surface area contributed by atoms with Crippen LogP contribution in [-0.4, -0.2) is 5.91 Å². The molecule has 24 heavy (non-hydrogen) atoms. The van der Waals surface area contributed by atoms with Crippen LogP contribution < -0.4 is 10.1 Å². The second-order valence-electron chi connectivity index (χ2n) is 5.62. The molecule has 0 spiro atoms. The Kier molecular flexibility index (Phi) is 4.92.